The lowest BCUT2D eigenvalue weighted by Gasteiger charge is -2.38. The molecular weight excluding hydrogens is 536 g/mol. The number of aromatic hydroxyl groups is 1. The molecule has 0 radical (unpaired) electrons. The first-order chi connectivity index (χ1) is 19.6. The number of benzene rings is 3. The van der Waals surface area contributed by atoms with Crippen LogP contribution in [0.5, 0.6) is 23.0 Å². The van der Waals surface area contributed by atoms with Crippen LogP contribution in [0.25, 0.3) is 20.5 Å². The van der Waals surface area contributed by atoms with Crippen molar-refractivity contribution in [3.05, 3.63) is 72.3 Å². The highest BCUT2D eigenvalue weighted by Crippen LogP contribution is 2.47. The summed E-state index contributed by atoms with van der Waals surface area (Å²) in [5, 5.41) is 11.0. The van der Waals surface area contributed by atoms with Crippen molar-refractivity contribution in [1.29, 1.82) is 0 Å². The number of phenolic OH excluding ortho intramolecular Hbond substituents is 1. The fourth-order valence-corrected chi connectivity index (χ4v) is 5.94. The Bertz CT molecular complexity index is 1480. The van der Waals surface area contributed by atoms with Crippen molar-refractivity contribution >= 4 is 27.5 Å². The number of ether oxygens (including phenoxy) is 3. The summed E-state index contributed by atoms with van der Waals surface area (Å²) >= 11 is 1.61. The third kappa shape index (κ3) is 7.13. The number of phenols is 1. The molecule has 5 rings (SSSR count). The van der Waals surface area contributed by atoms with E-state index in [2.05, 4.69) is 43.0 Å². The molecule has 1 aliphatic rings. The van der Waals surface area contributed by atoms with Crippen LogP contribution in [0, 0.1) is 6.92 Å². The topological polar surface area (TPSA) is 71.5 Å². The first kappa shape index (κ1) is 28.8. The highest BCUT2D eigenvalue weighted by Gasteiger charge is 2.27. The number of hydrogen-bond acceptors (Lipinski definition) is 7. The molecule has 1 saturated heterocycles. The van der Waals surface area contributed by atoms with Gasteiger partial charge in [-0.05, 0) is 82.6 Å². The van der Waals surface area contributed by atoms with Crippen LogP contribution < -0.4 is 9.47 Å². The maximum atomic E-state index is 12.4. The van der Waals surface area contributed by atoms with Crippen molar-refractivity contribution in [1.82, 2.24) is 9.80 Å². The lowest BCUT2D eigenvalue weighted by Crippen LogP contribution is -2.53. The van der Waals surface area contributed by atoms with Gasteiger partial charge in [0.25, 0.3) is 0 Å². The molecule has 2 heterocycles. The SMILES string of the molecule is Cc1ccc(-c2sc3cc(O)ccc3c2Oc2ccc(OCC(C)N3CCN(C(=O)OC(C)(C)C)CC3)cc2)cc1. The first-order valence-corrected chi connectivity index (χ1v) is 14.8. The number of amides is 1. The number of hydrogen-bond donors (Lipinski definition) is 1. The molecule has 1 N–H and O–H groups in total. The molecule has 216 valence electrons. The van der Waals surface area contributed by atoms with Gasteiger partial charge in [0.05, 0.1) is 4.88 Å². The number of carbonyl (C=O) groups excluding carboxylic acids is 1. The Hall–Kier alpha value is -3.75. The van der Waals surface area contributed by atoms with Crippen molar-refractivity contribution in [3.8, 4) is 33.4 Å². The van der Waals surface area contributed by atoms with Crippen LogP contribution in [-0.2, 0) is 4.74 Å². The number of piperazine rings is 1. The van der Waals surface area contributed by atoms with Gasteiger partial charge in [-0.15, -0.1) is 11.3 Å². The maximum Gasteiger partial charge on any atom is 0.410 e. The Balaban J connectivity index is 1.20. The number of carbonyl (C=O) groups is 1. The van der Waals surface area contributed by atoms with Gasteiger partial charge in [-0.3, -0.25) is 4.90 Å². The highest BCUT2D eigenvalue weighted by molar-refractivity contribution is 7.22. The molecule has 8 heteroatoms. The molecule has 1 fully saturated rings. The van der Waals surface area contributed by atoms with Gasteiger partial charge < -0.3 is 24.2 Å². The number of fused-ring (bicyclic) bond motifs is 1. The van der Waals surface area contributed by atoms with E-state index in [0.29, 0.717) is 25.4 Å². The zero-order chi connectivity index (χ0) is 29.1. The number of nitrogens with zero attached hydrogens (tertiary/aromatic N) is 2. The number of rotatable bonds is 7. The molecule has 0 aliphatic carbocycles. The van der Waals surface area contributed by atoms with Crippen molar-refractivity contribution in [3.63, 3.8) is 0 Å². The van der Waals surface area contributed by atoms with Crippen molar-refractivity contribution in [2.24, 2.45) is 0 Å². The third-order valence-corrected chi connectivity index (χ3v) is 8.25. The van der Waals surface area contributed by atoms with Gasteiger partial charge in [0.2, 0.25) is 0 Å². The molecule has 41 heavy (non-hydrogen) atoms. The second-order valence-corrected chi connectivity index (χ2v) is 12.6. The predicted molar refractivity (Wildman–Crippen MR) is 165 cm³/mol. The Morgan fingerprint density at radius 1 is 0.951 bits per heavy atom. The van der Waals surface area contributed by atoms with Crippen LogP contribution in [0.1, 0.15) is 33.3 Å². The molecule has 0 spiro atoms. The highest BCUT2D eigenvalue weighted by atomic mass is 32.1. The van der Waals surface area contributed by atoms with Crippen LogP contribution >= 0.6 is 11.3 Å². The second kappa shape index (κ2) is 12.0. The van der Waals surface area contributed by atoms with Gasteiger partial charge in [0.15, 0.2) is 5.75 Å². The average Bonchev–Trinajstić information content (AvgIpc) is 3.29. The van der Waals surface area contributed by atoms with Crippen molar-refractivity contribution < 1.29 is 24.1 Å². The summed E-state index contributed by atoms with van der Waals surface area (Å²) in [6, 6.07) is 21.6. The fourth-order valence-electron chi connectivity index (χ4n) is 4.77. The average molecular weight is 575 g/mol. The predicted octanol–water partition coefficient (Wildman–Crippen LogP) is 7.69. The number of thiophene rings is 1. The quantitative estimate of drug-likeness (QED) is 0.244. The van der Waals surface area contributed by atoms with E-state index in [0.717, 1.165) is 45.1 Å². The van der Waals surface area contributed by atoms with E-state index >= 15 is 0 Å². The van der Waals surface area contributed by atoms with E-state index in [1.165, 1.54) is 5.56 Å². The van der Waals surface area contributed by atoms with Crippen LogP contribution in [0.15, 0.2) is 66.7 Å². The zero-order valence-corrected chi connectivity index (χ0v) is 25.2. The number of aryl methyl sites for hydroxylation is 1. The third-order valence-electron chi connectivity index (χ3n) is 7.07. The lowest BCUT2D eigenvalue weighted by molar-refractivity contribution is 0.00882. The first-order valence-electron chi connectivity index (χ1n) is 14.0. The molecule has 7 nitrogen and oxygen atoms in total. The Morgan fingerprint density at radius 3 is 2.27 bits per heavy atom. The van der Waals surface area contributed by atoms with E-state index < -0.39 is 5.60 Å². The van der Waals surface area contributed by atoms with E-state index in [1.54, 1.807) is 28.4 Å². The van der Waals surface area contributed by atoms with Gasteiger partial charge in [0.1, 0.15) is 29.5 Å². The molecule has 1 amide bonds. The molecule has 1 unspecified atom stereocenters. The summed E-state index contributed by atoms with van der Waals surface area (Å²) in [5.41, 5.74) is 1.79. The largest absolute Gasteiger partial charge is 0.508 e. The molecule has 3 aromatic carbocycles. The van der Waals surface area contributed by atoms with Gasteiger partial charge in [-0.1, -0.05) is 29.8 Å². The molecule has 4 aromatic rings. The van der Waals surface area contributed by atoms with Crippen molar-refractivity contribution in [2.45, 2.75) is 46.3 Å². The van der Waals surface area contributed by atoms with E-state index in [-0.39, 0.29) is 17.9 Å². The van der Waals surface area contributed by atoms with Gasteiger partial charge in [-0.25, -0.2) is 4.79 Å². The van der Waals surface area contributed by atoms with Crippen LogP contribution in [0.2, 0.25) is 0 Å². The summed E-state index contributed by atoms with van der Waals surface area (Å²) in [5.74, 6) is 2.50. The van der Waals surface area contributed by atoms with Crippen molar-refractivity contribution in [2.75, 3.05) is 32.8 Å². The van der Waals surface area contributed by atoms with E-state index in [4.69, 9.17) is 14.2 Å². The minimum atomic E-state index is -0.485. The monoisotopic (exact) mass is 574 g/mol. The summed E-state index contributed by atoms with van der Waals surface area (Å²) in [4.78, 5) is 17.5. The molecule has 1 aromatic heterocycles. The summed E-state index contributed by atoms with van der Waals surface area (Å²) in [6.07, 6.45) is -0.247. The Morgan fingerprint density at radius 2 is 1.61 bits per heavy atom. The van der Waals surface area contributed by atoms with Gasteiger partial charge in [-0.2, -0.15) is 0 Å². The molecule has 1 atom stereocenters. The fraction of sp³-hybridized carbons (Fsp3) is 0.364. The minimum Gasteiger partial charge on any atom is -0.508 e. The summed E-state index contributed by atoms with van der Waals surface area (Å²) in [7, 11) is 0. The zero-order valence-electron chi connectivity index (χ0n) is 24.3. The van der Waals surface area contributed by atoms with E-state index in [9.17, 15) is 9.90 Å². The molecule has 0 bridgehead atoms. The van der Waals surface area contributed by atoms with E-state index in [1.807, 2.05) is 51.1 Å². The van der Waals surface area contributed by atoms with Crippen LogP contribution in [0.4, 0.5) is 4.79 Å². The summed E-state index contributed by atoms with van der Waals surface area (Å²) < 4.78 is 19.0. The minimum absolute atomic E-state index is 0.206. The second-order valence-electron chi connectivity index (χ2n) is 11.5. The lowest BCUT2D eigenvalue weighted by atomic mass is 10.1. The van der Waals surface area contributed by atoms with Gasteiger partial charge >= 0.3 is 6.09 Å². The Labute approximate surface area is 245 Å². The normalized spacial score (nSPS) is 15.1. The molecule has 1 aliphatic heterocycles. The molecular formula is C33H38N2O5S. The standard InChI is InChI=1S/C33H38N2O5S/c1-22-6-8-24(9-7-22)31-30(28-15-10-25(36)20-29(28)41-31)39-27-13-11-26(12-14-27)38-21-23(2)34-16-18-35(19-17-34)32(37)40-33(3,4)5/h6-15,20,23,36H,16-19,21H2,1-5H3. The Kier molecular flexibility index (Phi) is 8.42. The summed E-state index contributed by atoms with van der Waals surface area (Å²) in [6.45, 7) is 13.3. The maximum absolute atomic E-state index is 12.4. The van der Waals surface area contributed by atoms with Crippen LogP contribution in [0.3, 0.4) is 0 Å². The molecule has 0 saturated carbocycles. The van der Waals surface area contributed by atoms with Gasteiger partial charge in [0, 0.05) is 42.3 Å². The smallest absolute Gasteiger partial charge is 0.410 e. The van der Waals surface area contributed by atoms with Crippen LogP contribution in [-0.4, -0.2) is 65.4 Å².